The van der Waals surface area contributed by atoms with Gasteiger partial charge in [-0.1, -0.05) is 0 Å². The zero-order valence-electron chi connectivity index (χ0n) is 9.03. The average Bonchev–Trinajstić information content (AvgIpc) is 2.20. The van der Waals surface area contributed by atoms with E-state index in [1.807, 2.05) is 0 Å². The van der Waals surface area contributed by atoms with Crippen LogP contribution in [0.15, 0.2) is 0 Å². The lowest BCUT2D eigenvalue weighted by molar-refractivity contribution is -0.275. The Morgan fingerprint density at radius 3 is 2.22 bits per heavy atom. The summed E-state index contributed by atoms with van der Waals surface area (Å²) in [6, 6.07) is 0. The van der Waals surface area contributed by atoms with E-state index in [2.05, 4.69) is 13.7 Å². The molecule has 0 bridgehead atoms. The number of aliphatic carboxylic acids is 1. The van der Waals surface area contributed by atoms with Gasteiger partial charge in [-0.25, -0.2) is 8.98 Å². The van der Waals surface area contributed by atoms with Gasteiger partial charge in [0.2, 0.25) is 6.29 Å². The molecule has 0 aromatic carbocycles. The predicted octanol–water partition coefficient (Wildman–Crippen LogP) is -2.65. The minimum absolute atomic E-state index is 1.06. The first-order valence-electron chi connectivity index (χ1n) is 4.60. The molecule has 5 atom stereocenters. The first kappa shape index (κ1) is 15.2. The molecular formula is C7H12O10S. The summed E-state index contributed by atoms with van der Waals surface area (Å²) in [5.74, 6) is -1.61. The van der Waals surface area contributed by atoms with E-state index in [4.69, 9.17) is 9.66 Å². The van der Waals surface area contributed by atoms with Crippen LogP contribution in [0.3, 0.4) is 0 Å². The zero-order valence-corrected chi connectivity index (χ0v) is 9.85. The van der Waals surface area contributed by atoms with E-state index in [0.717, 1.165) is 7.11 Å². The maximum absolute atomic E-state index is 10.8. The Hall–Kier alpha value is -0.820. The second-order valence-electron chi connectivity index (χ2n) is 3.47. The van der Waals surface area contributed by atoms with Crippen LogP contribution in [0.2, 0.25) is 0 Å². The number of rotatable bonds is 4. The van der Waals surface area contributed by atoms with Crippen LogP contribution in [0.4, 0.5) is 0 Å². The number of methoxy groups -OCH3 is 1. The standard InChI is InChI=1S/C7H12O10S/c1-15-4-2(8)5(6(10)11)16-7(3(4)9)17-18(12,13)14/h2-5,7-9H,1H3,(H,10,11)(H,12,13,14)/t2-,3+,4-,5-,7-/m0/s1. The number of carboxylic acids is 1. The summed E-state index contributed by atoms with van der Waals surface area (Å²) in [6.07, 6.45) is -8.86. The molecule has 18 heavy (non-hydrogen) atoms. The van der Waals surface area contributed by atoms with Crippen LogP contribution >= 0.6 is 0 Å². The van der Waals surface area contributed by atoms with Crippen molar-refractivity contribution < 1.29 is 46.7 Å². The van der Waals surface area contributed by atoms with Crippen molar-refractivity contribution in [1.29, 1.82) is 0 Å². The fraction of sp³-hybridized carbons (Fsp3) is 0.857. The number of aliphatic hydroxyl groups is 2. The summed E-state index contributed by atoms with van der Waals surface area (Å²) in [6.45, 7) is 0. The molecule has 0 radical (unpaired) electrons. The fourth-order valence-corrected chi connectivity index (χ4v) is 1.92. The molecule has 0 saturated carbocycles. The van der Waals surface area contributed by atoms with Crippen molar-refractivity contribution in [2.45, 2.75) is 30.7 Å². The minimum Gasteiger partial charge on any atom is -0.479 e. The summed E-state index contributed by atoms with van der Waals surface area (Å²) >= 11 is 0. The highest BCUT2D eigenvalue weighted by molar-refractivity contribution is 7.80. The van der Waals surface area contributed by atoms with Gasteiger partial charge in [0, 0.05) is 7.11 Å². The van der Waals surface area contributed by atoms with E-state index >= 15 is 0 Å². The number of hydrogen-bond donors (Lipinski definition) is 4. The predicted molar refractivity (Wildman–Crippen MR) is 51.7 cm³/mol. The second kappa shape index (κ2) is 5.44. The molecule has 1 rings (SSSR count). The molecule has 11 heteroatoms. The van der Waals surface area contributed by atoms with Crippen LogP contribution in [0.25, 0.3) is 0 Å². The van der Waals surface area contributed by atoms with Crippen molar-refractivity contribution in [3.63, 3.8) is 0 Å². The van der Waals surface area contributed by atoms with E-state index in [9.17, 15) is 23.4 Å². The molecule has 0 aromatic heterocycles. The van der Waals surface area contributed by atoms with Gasteiger partial charge in [-0.05, 0) is 0 Å². The van der Waals surface area contributed by atoms with Crippen molar-refractivity contribution in [3.8, 4) is 0 Å². The van der Waals surface area contributed by atoms with E-state index in [1.54, 1.807) is 0 Å². The van der Waals surface area contributed by atoms with Crippen LogP contribution in [0, 0.1) is 0 Å². The molecule has 0 spiro atoms. The van der Waals surface area contributed by atoms with Gasteiger partial charge in [0.25, 0.3) is 0 Å². The normalized spacial score (nSPS) is 37.4. The van der Waals surface area contributed by atoms with E-state index in [0.29, 0.717) is 0 Å². The first-order valence-corrected chi connectivity index (χ1v) is 5.96. The smallest absolute Gasteiger partial charge is 0.399 e. The molecule has 1 fully saturated rings. The Bertz CT molecular complexity index is 404. The van der Waals surface area contributed by atoms with Gasteiger partial charge in [-0.3, -0.25) is 4.55 Å². The van der Waals surface area contributed by atoms with Gasteiger partial charge in [0.1, 0.15) is 18.3 Å². The summed E-state index contributed by atoms with van der Waals surface area (Å²) in [5, 5.41) is 27.8. The summed E-state index contributed by atoms with van der Waals surface area (Å²) < 4.78 is 42.6. The molecule has 0 amide bonds. The Morgan fingerprint density at radius 1 is 1.28 bits per heavy atom. The topological polar surface area (TPSA) is 160 Å². The second-order valence-corrected chi connectivity index (χ2v) is 4.52. The van der Waals surface area contributed by atoms with Gasteiger partial charge in [0.15, 0.2) is 6.10 Å². The molecule has 10 nitrogen and oxygen atoms in total. The monoisotopic (exact) mass is 288 g/mol. The van der Waals surface area contributed by atoms with Gasteiger partial charge < -0.3 is 24.8 Å². The van der Waals surface area contributed by atoms with Gasteiger partial charge >= 0.3 is 16.4 Å². The third kappa shape index (κ3) is 3.35. The van der Waals surface area contributed by atoms with Crippen LogP contribution in [-0.4, -0.2) is 72.1 Å². The van der Waals surface area contributed by atoms with E-state index in [-0.39, 0.29) is 0 Å². The van der Waals surface area contributed by atoms with Crippen molar-refractivity contribution in [3.05, 3.63) is 0 Å². The molecule has 1 aliphatic rings. The lowest BCUT2D eigenvalue weighted by Gasteiger charge is -2.39. The highest BCUT2D eigenvalue weighted by Crippen LogP contribution is 2.25. The fourth-order valence-electron chi connectivity index (χ4n) is 1.52. The SMILES string of the molecule is CO[C@@H]1[C@@H](O)[C@H](OS(=O)(=O)O)O[C@H](C(=O)O)[C@H]1O. The Balaban J connectivity index is 2.95. The lowest BCUT2D eigenvalue weighted by atomic mass is 9.99. The Morgan fingerprint density at radius 2 is 1.83 bits per heavy atom. The molecular weight excluding hydrogens is 276 g/mol. The third-order valence-corrected chi connectivity index (χ3v) is 2.71. The Labute approximate surface area is 102 Å². The molecule has 0 aliphatic carbocycles. The zero-order chi connectivity index (χ0) is 14.1. The van der Waals surface area contributed by atoms with E-state index in [1.165, 1.54) is 0 Å². The third-order valence-electron chi connectivity index (χ3n) is 2.27. The number of carboxylic acid groups (broad SMARTS) is 1. The molecule has 1 saturated heterocycles. The van der Waals surface area contributed by atoms with Crippen molar-refractivity contribution in [2.75, 3.05) is 7.11 Å². The molecule has 106 valence electrons. The average molecular weight is 288 g/mol. The van der Waals surface area contributed by atoms with Gasteiger partial charge in [0.05, 0.1) is 0 Å². The van der Waals surface area contributed by atoms with Crippen LogP contribution in [-0.2, 0) is 28.9 Å². The van der Waals surface area contributed by atoms with Crippen molar-refractivity contribution >= 4 is 16.4 Å². The molecule has 1 aliphatic heterocycles. The highest BCUT2D eigenvalue weighted by atomic mass is 32.3. The summed E-state index contributed by atoms with van der Waals surface area (Å²) in [7, 11) is -3.91. The molecule has 0 aromatic rings. The number of ether oxygens (including phenoxy) is 2. The largest absolute Gasteiger partial charge is 0.479 e. The van der Waals surface area contributed by atoms with Gasteiger partial charge in [-0.15, -0.1) is 0 Å². The summed E-state index contributed by atoms with van der Waals surface area (Å²) in [4.78, 5) is 10.8. The van der Waals surface area contributed by atoms with Gasteiger partial charge in [-0.2, -0.15) is 8.42 Å². The molecule has 4 N–H and O–H groups in total. The maximum atomic E-state index is 10.8. The van der Waals surface area contributed by atoms with Crippen LogP contribution < -0.4 is 0 Å². The number of hydrogen-bond acceptors (Lipinski definition) is 8. The van der Waals surface area contributed by atoms with Crippen LogP contribution in [0.1, 0.15) is 0 Å². The Kier molecular flexibility index (Phi) is 4.61. The maximum Gasteiger partial charge on any atom is 0.399 e. The minimum atomic E-state index is -4.97. The highest BCUT2D eigenvalue weighted by Gasteiger charge is 2.49. The van der Waals surface area contributed by atoms with Crippen molar-refractivity contribution in [2.24, 2.45) is 0 Å². The molecule has 1 heterocycles. The number of carbonyl (C=O) groups is 1. The van der Waals surface area contributed by atoms with Crippen LogP contribution in [0.5, 0.6) is 0 Å². The first-order chi connectivity index (χ1) is 8.17. The molecule has 0 unspecified atom stereocenters. The van der Waals surface area contributed by atoms with E-state index < -0.39 is 47.1 Å². The summed E-state index contributed by atoms with van der Waals surface area (Å²) in [5.41, 5.74) is 0. The number of aliphatic hydroxyl groups excluding tert-OH is 2. The quantitative estimate of drug-likeness (QED) is 0.402. The lowest BCUT2D eigenvalue weighted by Crippen LogP contribution is -2.61. The van der Waals surface area contributed by atoms with Crippen molar-refractivity contribution in [1.82, 2.24) is 0 Å².